The molecule has 0 radical (unpaired) electrons. The summed E-state index contributed by atoms with van der Waals surface area (Å²) in [4.78, 5) is 7.10. The van der Waals surface area contributed by atoms with Gasteiger partial charge in [0, 0.05) is 0 Å². The SMILES string of the molecule is NOCCCCCN1CCCCC1. The number of nitrogens with zero attached hydrogens (tertiary/aromatic N) is 1. The summed E-state index contributed by atoms with van der Waals surface area (Å²) < 4.78 is 0. The summed E-state index contributed by atoms with van der Waals surface area (Å²) in [5.41, 5.74) is 0. The number of nitrogens with two attached hydrogens (primary N) is 1. The second-order valence-electron chi connectivity index (χ2n) is 3.83. The predicted octanol–water partition coefficient (Wildman–Crippen LogP) is 1.53. The predicted molar refractivity (Wildman–Crippen MR) is 54.3 cm³/mol. The third-order valence-corrected chi connectivity index (χ3v) is 2.69. The van der Waals surface area contributed by atoms with Gasteiger partial charge in [-0.05, 0) is 51.7 Å². The van der Waals surface area contributed by atoms with Gasteiger partial charge in [0.25, 0.3) is 0 Å². The number of hydrogen-bond acceptors (Lipinski definition) is 3. The molecule has 13 heavy (non-hydrogen) atoms. The highest BCUT2D eigenvalue weighted by atomic mass is 16.6. The molecular formula is C10H22N2O. The van der Waals surface area contributed by atoms with Crippen LogP contribution in [-0.2, 0) is 4.84 Å². The van der Waals surface area contributed by atoms with Crippen molar-refractivity contribution < 1.29 is 4.84 Å². The van der Waals surface area contributed by atoms with Gasteiger partial charge in [-0.2, -0.15) is 0 Å². The van der Waals surface area contributed by atoms with E-state index in [1.807, 2.05) is 0 Å². The number of rotatable bonds is 6. The Labute approximate surface area is 81.2 Å². The van der Waals surface area contributed by atoms with Crippen LogP contribution in [0.25, 0.3) is 0 Å². The number of piperidine rings is 1. The van der Waals surface area contributed by atoms with E-state index >= 15 is 0 Å². The summed E-state index contributed by atoms with van der Waals surface area (Å²) in [6, 6.07) is 0. The highest BCUT2D eigenvalue weighted by Gasteiger charge is 2.08. The van der Waals surface area contributed by atoms with Crippen LogP contribution in [0.2, 0.25) is 0 Å². The lowest BCUT2D eigenvalue weighted by Gasteiger charge is -2.26. The van der Waals surface area contributed by atoms with Crippen molar-refractivity contribution in [1.82, 2.24) is 4.90 Å². The van der Waals surface area contributed by atoms with Crippen molar-refractivity contribution in [2.45, 2.75) is 38.5 Å². The summed E-state index contributed by atoms with van der Waals surface area (Å²) in [7, 11) is 0. The lowest BCUT2D eigenvalue weighted by Crippen LogP contribution is -2.30. The van der Waals surface area contributed by atoms with Crippen molar-refractivity contribution in [1.29, 1.82) is 0 Å². The van der Waals surface area contributed by atoms with E-state index in [1.54, 1.807) is 0 Å². The average Bonchev–Trinajstić information content (AvgIpc) is 2.19. The van der Waals surface area contributed by atoms with Gasteiger partial charge in [-0.1, -0.05) is 6.42 Å². The van der Waals surface area contributed by atoms with E-state index < -0.39 is 0 Å². The number of likely N-dealkylation sites (tertiary alicyclic amines) is 1. The highest BCUT2D eigenvalue weighted by Crippen LogP contribution is 2.09. The molecule has 0 aromatic rings. The van der Waals surface area contributed by atoms with Crippen LogP contribution in [0.3, 0.4) is 0 Å². The van der Waals surface area contributed by atoms with Crippen molar-refractivity contribution in [2.24, 2.45) is 5.90 Å². The van der Waals surface area contributed by atoms with Crippen molar-refractivity contribution >= 4 is 0 Å². The fraction of sp³-hybridized carbons (Fsp3) is 1.00. The number of unbranched alkanes of at least 4 members (excludes halogenated alkanes) is 2. The van der Waals surface area contributed by atoms with E-state index in [-0.39, 0.29) is 0 Å². The molecule has 0 bridgehead atoms. The summed E-state index contributed by atoms with van der Waals surface area (Å²) in [5.74, 6) is 4.94. The Morgan fingerprint density at radius 1 is 1.00 bits per heavy atom. The summed E-state index contributed by atoms with van der Waals surface area (Å²) >= 11 is 0. The summed E-state index contributed by atoms with van der Waals surface area (Å²) in [5, 5.41) is 0. The molecule has 0 spiro atoms. The van der Waals surface area contributed by atoms with Crippen molar-refractivity contribution in [3.63, 3.8) is 0 Å². The van der Waals surface area contributed by atoms with Gasteiger partial charge in [0.1, 0.15) is 0 Å². The fourth-order valence-corrected chi connectivity index (χ4v) is 1.88. The zero-order valence-electron chi connectivity index (χ0n) is 8.50. The molecule has 0 aromatic heterocycles. The van der Waals surface area contributed by atoms with Crippen LogP contribution in [-0.4, -0.2) is 31.1 Å². The maximum atomic E-state index is 4.94. The van der Waals surface area contributed by atoms with Crippen molar-refractivity contribution in [3.8, 4) is 0 Å². The smallest absolute Gasteiger partial charge is 0.0679 e. The van der Waals surface area contributed by atoms with Gasteiger partial charge in [-0.15, -0.1) is 0 Å². The largest absolute Gasteiger partial charge is 0.305 e. The average molecular weight is 186 g/mol. The third-order valence-electron chi connectivity index (χ3n) is 2.69. The van der Waals surface area contributed by atoms with Gasteiger partial charge in [0.15, 0.2) is 0 Å². The maximum Gasteiger partial charge on any atom is 0.0679 e. The molecule has 3 nitrogen and oxygen atoms in total. The second-order valence-corrected chi connectivity index (χ2v) is 3.83. The van der Waals surface area contributed by atoms with E-state index in [0.29, 0.717) is 6.61 Å². The summed E-state index contributed by atoms with van der Waals surface area (Å²) in [6.07, 6.45) is 7.86. The Morgan fingerprint density at radius 3 is 2.46 bits per heavy atom. The molecule has 1 rings (SSSR count). The van der Waals surface area contributed by atoms with Crippen LogP contribution in [0.1, 0.15) is 38.5 Å². The standard InChI is InChI=1S/C10H22N2O/c11-13-10-6-2-5-9-12-7-3-1-4-8-12/h1-11H2. The van der Waals surface area contributed by atoms with Crippen LogP contribution in [0, 0.1) is 0 Å². The van der Waals surface area contributed by atoms with Crippen LogP contribution in [0.5, 0.6) is 0 Å². The summed E-state index contributed by atoms with van der Waals surface area (Å²) in [6.45, 7) is 4.60. The van der Waals surface area contributed by atoms with Gasteiger partial charge in [0.2, 0.25) is 0 Å². The minimum absolute atomic E-state index is 0.708. The van der Waals surface area contributed by atoms with Crippen LogP contribution in [0.4, 0.5) is 0 Å². The Hall–Kier alpha value is -0.120. The molecule has 3 heteroatoms. The van der Waals surface area contributed by atoms with Gasteiger partial charge in [-0.25, -0.2) is 5.90 Å². The maximum absolute atomic E-state index is 4.94. The molecule has 0 saturated carbocycles. The van der Waals surface area contributed by atoms with E-state index in [2.05, 4.69) is 9.74 Å². The molecule has 1 aliphatic heterocycles. The van der Waals surface area contributed by atoms with E-state index in [9.17, 15) is 0 Å². The van der Waals surface area contributed by atoms with Gasteiger partial charge in [-0.3, -0.25) is 0 Å². The van der Waals surface area contributed by atoms with E-state index in [4.69, 9.17) is 5.90 Å². The van der Waals surface area contributed by atoms with Crippen molar-refractivity contribution in [2.75, 3.05) is 26.2 Å². The van der Waals surface area contributed by atoms with Crippen LogP contribution >= 0.6 is 0 Å². The molecule has 2 N–H and O–H groups in total. The molecule has 0 unspecified atom stereocenters. The molecule has 0 atom stereocenters. The lowest BCUT2D eigenvalue weighted by atomic mass is 10.1. The first-order chi connectivity index (χ1) is 6.43. The minimum Gasteiger partial charge on any atom is -0.305 e. The first-order valence-corrected chi connectivity index (χ1v) is 5.47. The first kappa shape index (κ1) is 11.0. The highest BCUT2D eigenvalue weighted by molar-refractivity contribution is 4.63. The quantitative estimate of drug-likeness (QED) is 0.505. The Morgan fingerprint density at radius 2 is 1.77 bits per heavy atom. The zero-order valence-corrected chi connectivity index (χ0v) is 8.50. The lowest BCUT2D eigenvalue weighted by molar-refractivity contribution is 0.132. The minimum atomic E-state index is 0.708. The van der Waals surface area contributed by atoms with E-state index in [1.165, 1.54) is 51.7 Å². The molecule has 78 valence electrons. The molecular weight excluding hydrogens is 164 g/mol. The second kappa shape index (κ2) is 7.30. The molecule has 1 fully saturated rings. The molecule has 1 saturated heterocycles. The molecule has 1 aliphatic rings. The normalized spacial score (nSPS) is 19.2. The Bertz CT molecular complexity index is 113. The van der Waals surface area contributed by atoms with Crippen LogP contribution < -0.4 is 5.90 Å². The number of hydrogen-bond donors (Lipinski definition) is 1. The van der Waals surface area contributed by atoms with E-state index in [0.717, 1.165) is 6.42 Å². The first-order valence-electron chi connectivity index (χ1n) is 5.47. The van der Waals surface area contributed by atoms with Gasteiger partial charge >= 0.3 is 0 Å². The zero-order chi connectivity index (χ0) is 9.36. The molecule has 0 aromatic carbocycles. The van der Waals surface area contributed by atoms with Crippen molar-refractivity contribution in [3.05, 3.63) is 0 Å². The van der Waals surface area contributed by atoms with Gasteiger partial charge < -0.3 is 9.74 Å². The molecule has 0 amide bonds. The third kappa shape index (κ3) is 5.24. The monoisotopic (exact) mass is 186 g/mol. The molecule has 1 heterocycles. The Balaban J connectivity index is 1.86. The topological polar surface area (TPSA) is 38.5 Å². The molecule has 0 aliphatic carbocycles. The van der Waals surface area contributed by atoms with Gasteiger partial charge in [0.05, 0.1) is 6.61 Å². The Kier molecular flexibility index (Phi) is 6.15. The fourth-order valence-electron chi connectivity index (χ4n) is 1.88. The van der Waals surface area contributed by atoms with Crippen LogP contribution in [0.15, 0.2) is 0 Å².